The van der Waals surface area contributed by atoms with Gasteiger partial charge in [0.1, 0.15) is 11.6 Å². The molecule has 0 aromatic heterocycles. The molecule has 1 aliphatic rings. The molecule has 1 aromatic carbocycles. The number of rotatable bonds is 4. The van der Waals surface area contributed by atoms with Gasteiger partial charge in [-0.25, -0.2) is 0 Å². The molecule has 5 heteroatoms. The number of piperazine rings is 1. The van der Waals surface area contributed by atoms with Crippen molar-refractivity contribution < 1.29 is 9.59 Å². The van der Waals surface area contributed by atoms with Gasteiger partial charge in [0.15, 0.2) is 0 Å². The number of amides is 2. The number of hydrogen-bond donors (Lipinski definition) is 1. The van der Waals surface area contributed by atoms with E-state index in [4.69, 9.17) is 11.6 Å². The molecule has 0 spiro atoms. The fraction of sp³-hybridized carbons (Fsp3) is 0.500. The number of benzene rings is 1. The molecule has 1 saturated heterocycles. The summed E-state index contributed by atoms with van der Waals surface area (Å²) >= 11 is 5.91. The van der Waals surface area contributed by atoms with Gasteiger partial charge < -0.3 is 5.32 Å². The predicted molar refractivity (Wildman–Crippen MR) is 84.5 cm³/mol. The van der Waals surface area contributed by atoms with Gasteiger partial charge in [-0.2, -0.15) is 0 Å². The number of carbonyl (C=O) groups excluding carboxylic acids is 2. The van der Waals surface area contributed by atoms with Crippen molar-refractivity contribution in [2.45, 2.75) is 51.6 Å². The van der Waals surface area contributed by atoms with Crippen LogP contribution in [0.4, 0.5) is 5.69 Å². The Kier molecular flexibility index (Phi) is 4.57. The first-order valence-corrected chi connectivity index (χ1v) is 7.78. The lowest BCUT2D eigenvalue weighted by molar-refractivity contribution is -0.138. The van der Waals surface area contributed by atoms with Crippen molar-refractivity contribution >= 4 is 29.1 Å². The zero-order valence-electron chi connectivity index (χ0n) is 12.6. The minimum absolute atomic E-state index is 0.0405. The Hall–Kier alpha value is -1.55. The number of carbonyl (C=O) groups is 2. The third-order valence-electron chi connectivity index (χ3n) is 4.30. The molecular formula is C16H21ClN2O2. The lowest BCUT2D eigenvalue weighted by Gasteiger charge is -2.45. The van der Waals surface area contributed by atoms with E-state index in [9.17, 15) is 9.59 Å². The molecule has 21 heavy (non-hydrogen) atoms. The van der Waals surface area contributed by atoms with E-state index in [1.54, 1.807) is 29.2 Å². The molecule has 0 aliphatic carbocycles. The molecule has 1 aromatic rings. The van der Waals surface area contributed by atoms with Gasteiger partial charge in [0.25, 0.3) is 5.91 Å². The smallest absolute Gasteiger partial charge is 0.253 e. The zero-order valence-corrected chi connectivity index (χ0v) is 13.4. The zero-order chi connectivity index (χ0) is 15.6. The molecule has 1 unspecified atom stereocenters. The molecule has 1 atom stereocenters. The summed E-state index contributed by atoms with van der Waals surface area (Å²) in [6, 6.07) is 6.59. The molecule has 4 nitrogen and oxygen atoms in total. The largest absolute Gasteiger partial charge is 0.340 e. The second-order valence-electron chi connectivity index (χ2n) is 5.35. The van der Waals surface area contributed by atoms with Crippen LogP contribution in [0.2, 0.25) is 5.02 Å². The van der Waals surface area contributed by atoms with Crippen LogP contribution in [0.3, 0.4) is 0 Å². The summed E-state index contributed by atoms with van der Waals surface area (Å²) in [5.41, 5.74) is -0.0834. The van der Waals surface area contributed by atoms with Gasteiger partial charge in [-0.3, -0.25) is 14.5 Å². The Balaban J connectivity index is 2.49. The van der Waals surface area contributed by atoms with Gasteiger partial charge in [-0.15, -0.1) is 0 Å². The average Bonchev–Trinajstić information content (AvgIpc) is 2.50. The number of nitrogens with one attached hydrogen (secondary N) is 1. The molecule has 1 N–H and O–H groups in total. The van der Waals surface area contributed by atoms with Gasteiger partial charge in [-0.05, 0) is 43.5 Å². The molecule has 0 radical (unpaired) electrons. The lowest BCUT2D eigenvalue weighted by Crippen LogP contribution is -2.70. The highest BCUT2D eigenvalue weighted by Crippen LogP contribution is 2.31. The number of hydrogen-bond acceptors (Lipinski definition) is 2. The van der Waals surface area contributed by atoms with E-state index < -0.39 is 11.6 Å². The molecule has 1 heterocycles. The quantitative estimate of drug-likeness (QED) is 0.929. The van der Waals surface area contributed by atoms with Crippen molar-refractivity contribution in [2.24, 2.45) is 0 Å². The van der Waals surface area contributed by atoms with E-state index in [1.807, 2.05) is 20.8 Å². The molecule has 2 amide bonds. The second-order valence-corrected chi connectivity index (χ2v) is 5.79. The van der Waals surface area contributed by atoms with E-state index in [2.05, 4.69) is 5.32 Å². The first kappa shape index (κ1) is 15.8. The third kappa shape index (κ3) is 2.64. The highest BCUT2D eigenvalue weighted by Gasteiger charge is 2.48. The molecule has 114 valence electrons. The molecule has 0 bridgehead atoms. The second kappa shape index (κ2) is 6.06. The van der Waals surface area contributed by atoms with Crippen LogP contribution in [0, 0.1) is 0 Å². The van der Waals surface area contributed by atoms with Crippen LogP contribution in [0.1, 0.15) is 40.0 Å². The molecular weight excluding hydrogens is 288 g/mol. The van der Waals surface area contributed by atoms with Crippen LogP contribution in [0.5, 0.6) is 0 Å². The molecule has 0 saturated carbocycles. The van der Waals surface area contributed by atoms with Crippen LogP contribution in [-0.2, 0) is 9.59 Å². The van der Waals surface area contributed by atoms with Crippen molar-refractivity contribution in [1.29, 1.82) is 0 Å². The van der Waals surface area contributed by atoms with Crippen molar-refractivity contribution in [3.05, 3.63) is 29.3 Å². The van der Waals surface area contributed by atoms with Crippen LogP contribution in [0.25, 0.3) is 0 Å². The third-order valence-corrected chi connectivity index (χ3v) is 4.56. The summed E-state index contributed by atoms with van der Waals surface area (Å²) in [6.07, 6.45) is 1.73. The van der Waals surface area contributed by atoms with E-state index in [1.165, 1.54) is 0 Å². The minimum atomic E-state index is -0.803. The fourth-order valence-electron chi connectivity index (χ4n) is 2.86. The Morgan fingerprint density at radius 1 is 1.14 bits per heavy atom. The predicted octanol–water partition coefficient (Wildman–Crippen LogP) is 3.14. The van der Waals surface area contributed by atoms with Crippen LogP contribution in [0.15, 0.2) is 24.3 Å². The SMILES string of the molecule is CCC1C(=O)NC(CC)(CC)C(=O)N1c1ccc(Cl)cc1. The normalized spacial score (nSPS) is 21.3. The lowest BCUT2D eigenvalue weighted by atomic mass is 9.86. The first-order valence-electron chi connectivity index (χ1n) is 7.40. The summed E-state index contributed by atoms with van der Waals surface area (Å²) < 4.78 is 0. The van der Waals surface area contributed by atoms with Crippen LogP contribution in [-0.4, -0.2) is 23.4 Å². The molecule has 1 fully saturated rings. The standard InChI is InChI=1S/C16H21ClN2O2/c1-4-13-14(20)18-16(5-2,6-3)15(21)19(13)12-9-7-11(17)8-10-12/h7-10,13H,4-6H2,1-3H3,(H,18,20). The highest BCUT2D eigenvalue weighted by atomic mass is 35.5. The van der Waals surface area contributed by atoms with Gasteiger partial charge in [-0.1, -0.05) is 32.4 Å². The van der Waals surface area contributed by atoms with Crippen LogP contribution < -0.4 is 10.2 Å². The van der Waals surface area contributed by atoms with Crippen molar-refractivity contribution in [1.82, 2.24) is 5.32 Å². The van der Waals surface area contributed by atoms with Gasteiger partial charge in [0.05, 0.1) is 0 Å². The number of halogens is 1. The van der Waals surface area contributed by atoms with Gasteiger partial charge in [0.2, 0.25) is 5.91 Å². The molecule has 1 aliphatic heterocycles. The topological polar surface area (TPSA) is 49.4 Å². The van der Waals surface area contributed by atoms with E-state index in [-0.39, 0.29) is 11.8 Å². The van der Waals surface area contributed by atoms with Gasteiger partial charge in [0, 0.05) is 10.7 Å². The van der Waals surface area contributed by atoms with Crippen molar-refractivity contribution in [3.63, 3.8) is 0 Å². The Labute approximate surface area is 130 Å². The average molecular weight is 309 g/mol. The van der Waals surface area contributed by atoms with Crippen molar-refractivity contribution in [2.75, 3.05) is 4.90 Å². The monoisotopic (exact) mass is 308 g/mol. The maximum atomic E-state index is 13.0. The first-order chi connectivity index (χ1) is 9.99. The Bertz CT molecular complexity index is 538. The summed E-state index contributed by atoms with van der Waals surface area (Å²) in [5.74, 6) is -0.128. The summed E-state index contributed by atoms with van der Waals surface area (Å²) in [4.78, 5) is 27.0. The van der Waals surface area contributed by atoms with Gasteiger partial charge >= 0.3 is 0 Å². The summed E-state index contributed by atoms with van der Waals surface area (Å²) in [6.45, 7) is 5.76. The Morgan fingerprint density at radius 3 is 2.19 bits per heavy atom. The van der Waals surface area contributed by atoms with E-state index in [0.29, 0.717) is 24.3 Å². The highest BCUT2D eigenvalue weighted by molar-refractivity contribution is 6.30. The van der Waals surface area contributed by atoms with Crippen LogP contribution >= 0.6 is 11.6 Å². The number of anilines is 1. The maximum Gasteiger partial charge on any atom is 0.253 e. The van der Waals surface area contributed by atoms with Crippen molar-refractivity contribution in [3.8, 4) is 0 Å². The maximum absolute atomic E-state index is 13.0. The van der Waals surface area contributed by atoms with E-state index >= 15 is 0 Å². The van der Waals surface area contributed by atoms with E-state index in [0.717, 1.165) is 5.69 Å². The minimum Gasteiger partial charge on any atom is -0.340 e. The number of nitrogens with zero attached hydrogens (tertiary/aromatic N) is 1. The fourth-order valence-corrected chi connectivity index (χ4v) is 2.98. The summed E-state index contributed by atoms with van der Waals surface area (Å²) in [7, 11) is 0. The summed E-state index contributed by atoms with van der Waals surface area (Å²) in [5, 5.41) is 3.54. The molecule has 2 rings (SSSR count). The Morgan fingerprint density at radius 2 is 1.71 bits per heavy atom.